The molecule has 1 aliphatic heterocycles. The number of nitrogens with zero attached hydrogens (tertiary/aromatic N) is 1. The number of unbranched alkanes of at least 4 members (excludes halogenated alkanes) is 1. The Morgan fingerprint density at radius 3 is 2.57 bits per heavy atom. The van der Waals surface area contributed by atoms with Crippen LogP contribution in [0.15, 0.2) is 18.2 Å². The van der Waals surface area contributed by atoms with Crippen molar-refractivity contribution < 1.29 is 9.90 Å². The van der Waals surface area contributed by atoms with Crippen LogP contribution in [0.25, 0.3) is 5.57 Å². The predicted molar refractivity (Wildman–Crippen MR) is 88.1 cm³/mol. The standard InChI is InChI=1S/C18H25NO2/c1-5-7-8-19-16-10-17(21)14(12-20)9-15(16)13(6-2)11-18(19,3)4/h9-12,21H,5-8H2,1-4H3. The number of anilines is 1. The van der Waals surface area contributed by atoms with Crippen LogP contribution in [-0.2, 0) is 0 Å². The summed E-state index contributed by atoms with van der Waals surface area (Å²) in [7, 11) is 0. The molecule has 1 heterocycles. The Hall–Kier alpha value is -1.77. The largest absolute Gasteiger partial charge is 0.507 e. The molecule has 1 aliphatic rings. The zero-order chi connectivity index (χ0) is 15.6. The molecule has 0 spiro atoms. The highest BCUT2D eigenvalue weighted by atomic mass is 16.3. The van der Waals surface area contributed by atoms with Gasteiger partial charge in [0.25, 0.3) is 0 Å². The van der Waals surface area contributed by atoms with Gasteiger partial charge in [0.15, 0.2) is 6.29 Å². The van der Waals surface area contributed by atoms with Gasteiger partial charge in [0.05, 0.1) is 11.1 Å². The Morgan fingerprint density at radius 2 is 2.00 bits per heavy atom. The minimum absolute atomic E-state index is 0.0680. The van der Waals surface area contributed by atoms with Crippen LogP contribution in [-0.4, -0.2) is 23.5 Å². The van der Waals surface area contributed by atoms with Crippen LogP contribution in [0.2, 0.25) is 0 Å². The third-order valence-electron chi connectivity index (χ3n) is 4.25. The number of phenolic OH excluding ortho intramolecular Hbond substituents is 1. The van der Waals surface area contributed by atoms with Crippen LogP contribution >= 0.6 is 0 Å². The third kappa shape index (κ3) is 2.82. The number of carbonyl (C=O) groups excluding carboxylic acids is 1. The molecule has 0 saturated carbocycles. The average molecular weight is 287 g/mol. The first-order valence-corrected chi connectivity index (χ1v) is 7.76. The van der Waals surface area contributed by atoms with E-state index in [2.05, 4.69) is 38.7 Å². The first kappa shape index (κ1) is 15.6. The van der Waals surface area contributed by atoms with Crippen LogP contribution in [0.3, 0.4) is 0 Å². The van der Waals surface area contributed by atoms with E-state index in [1.807, 2.05) is 6.07 Å². The van der Waals surface area contributed by atoms with Gasteiger partial charge in [-0.25, -0.2) is 0 Å². The summed E-state index contributed by atoms with van der Waals surface area (Å²) in [6.07, 6.45) is 6.16. The number of fused-ring (bicyclic) bond motifs is 1. The van der Waals surface area contributed by atoms with Crippen molar-refractivity contribution in [2.45, 2.75) is 52.5 Å². The number of hydrogen-bond donors (Lipinski definition) is 1. The van der Waals surface area contributed by atoms with Gasteiger partial charge in [-0.05, 0) is 38.3 Å². The minimum Gasteiger partial charge on any atom is -0.507 e. The normalized spacial score (nSPS) is 16.4. The molecule has 0 radical (unpaired) electrons. The van der Waals surface area contributed by atoms with Gasteiger partial charge in [-0.3, -0.25) is 4.79 Å². The first-order chi connectivity index (χ1) is 9.94. The summed E-state index contributed by atoms with van der Waals surface area (Å²) < 4.78 is 0. The van der Waals surface area contributed by atoms with Crippen molar-refractivity contribution in [1.82, 2.24) is 0 Å². The molecule has 0 fully saturated rings. The lowest BCUT2D eigenvalue weighted by Gasteiger charge is -2.44. The van der Waals surface area contributed by atoms with Crippen LogP contribution in [0.1, 0.15) is 62.9 Å². The zero-order valence-corrected chi connectivity index (χ0v) is 13.4. The quantitative estimate of drug-likeness (QED) is 0.816. The third-order valence-corrected chi connectivity index (χ3v) is 4.25. The Balaban J connectivity index is 2.60. The average Bonchev–Trinajstić information content (AvgIpc) is 2.44. The van der Waals surface area contributed by atoms with Crippen molar-refractivity contribution >= 4 is 17.5 Å². The van der Waals surface area contributed by atoms with Gasteiger partial charge in [-0.1, -0.05) is 26.3 Å². The fourth-order valence-electron chi connectivity index (χ4n) is 3.08. The molecule has 0 aromatic heterocycles. The monoisotopic (exact) mass is 287 g/mol. The van der Waals surface area contributed by atoms with E-state index >= 15 is 0 Å². The number of rotatable bonds is 5. The lowest BCUT2D eigenvalue weighted by Crippen LogP contribution is -2.45. The highest BCUT2D eigenvalue weighted by molar-refractivity contribution is 5.89. The molecule has 2 rings (SSSR count). The summed E-state index contributed by atoms with van der Waals surface area (Å²) in [6.45, 7) is 9.65. The van der Waals surface area contributed by atoms with Gasteiger partial charge < -0.3 is 10.0 Å². The first-order valence-electron chi connectivity index (χ1n) is 7.76. The molecule has 1 aromatic rings. The number of carbonyl (C=O) groups is 1. The van der Waals surface area contributed by atoms with E-state index < -0.39 is 0 Å². The van der Waals surface area contributed by atoms with Gasteiger partial charge in [-0.2, -0.15) is 0 Å². The zero-order valence-electron chi connectivity index (χ0n) is 13.4. The molecule has 114 valence electrons. The molecule has 21 heavy (non-hydrogen) atoms. The molecular weight excluding hydrogens is 262 g/mol. The highest BCUT2D eigenvalue weighted by Crippen LogP contribution is 2.42. The van der Waals surface area contributed by atoms with E-state index in [0.717, 1.165) is 43.3 Å². The fourth-order valence-corrected chi connectivity index (χ4v) is 3.08. The predicted octanol–water partition coefficient (Wildman–Crippen LogP) is 4.40. The Morgan fingerprint density at radius 1 is 1.29 bits per heavy atom. The van der Waals surface area contributed by atoms with Gasteiger partial charge in [-0.15, -0.1) is 0 Å². The van der Waals surface area contributed by atoms with Crippen LogP contribution < -0.4 is 4.90 Å². The number of aromatic hydroxyl groups is 1. The summed E-state index contributed by atoms with van der Waals surface area (Å²) in [5.41, 5.74) is 3.64. The summed E-state index contributed by atoms with van der Waals surface area (Å²) in [5.74, 6) is 0.0680. The van der Waals surface area contributed by atoms with E-state index in [-0.39, 0.29) is 11.3 Å². The van der Waals surface area contributed by atoms with E-state index in [1.165, 1.54) is 5.57 Å². The van der Waals surface area contributed by atoms with Crippen LogP contribution in [0.4, 0.5) is 5.69 Å². The topological polar surface area (TPSA) is 40.5 Å². The summed E-state index contributed by atoms with van der Waals surface area (Å²) in [5, 5.41) is 10.1. The van der Waals surface area contributed by atoms with Gasteiger partial charge >= 0.3 is 0 Å². The van der Waals surface area contributed by atoms with Crippen molar-refractivity contribution in [3.05, 3.63) is 29.3 Å². The highest BCUT2D eigenvalue weighted by Gasteiger charge is 2.32. The molecule has 3 heteroatoms. The van der Waals surface area contributed by atoms with Gasteiger partial charge in [0.1, 0.15) is 5.75 Å². The molecule has 0 unspecified atom stereocenters. The van der Waals surface area contributed by atoms with Crippen molar-refractivity contribution in [2.75, 3.05) is 11.4 Å². The van der Waals surface area contributed by atoms with E-state index in [0.29, 0.717) is 5.56 Å². The second kappa shape index (κ2) is 5.92. The van der Waals surface area contributed by atoms with Gasteiger partial charge in [0.2, 0.25) is 0 Å². The van der Waals surface area contributed by atoms with Crippen molar-refractivity contribution in [2.24, 2.45) is 0 Å². The molecule has 0 atom stereocenters. The van der Waals surface area contributed by atoms with Crippen LogP contribution in [0.5, 0.6) is 5.75 Å². The second-order valence-corrected chi connectivity index (χ2v) is 6.23. The molecule has 1 aromatic carbocycles. The summed E-state index contributed by atoms with van der Waals surface area (Å²) in [6, 6.07) is 3.57. The smallest absolute Gasteiger partial charge is 0.153 e. The number of phenols is 1. The number of hydrogen-bond acceptors (Lipinski definition) is 3. The minimum atomic E-state index is -0.0807. The molecular formula is C18H25NO2. The summed E-state index contributed by atoms with van der Waals surface area (Å²) in [4.78, 5) is 13.4. The van der Waals surface area contributed by atoms with Crippen molar-refractivity contribution in [3.8, 4) is 5.75 Å². The fraction of sp³-hybridized carbons (Fsp3) is 0.500. The molecule has 3 nitrogen and oxygen atoms in total. The second-order valence-electron chi connectivity index (χ2n) is 6.23. The van der Waals surface area contributed by atoms with Crippen molar-refractivity contribution in [3.63, 3.8) is 0 Å². The van der Waals surface area contributed by atoms with E-state index in [1.54, 1.807) is 6.07 Å². The maximum absolute atomic E-state index is 11.1. The van der Waals surface area contributed by atoms with Gasteiger partial charge in [0, 0.05) is 23.9 Å². The Labute approximate surface area is 127 Å². The number of allylic oxidation sites excluding steroid dienone is 1. The number of aldehydes is 1. The molecule has 0 bridgehead atoms. The Kier molecular flexibility index (Phi) is 4.40. The molecule has 0 amide bonds. The molecule has 0 saturated heterocycles. The SMILES string of the molecule is CCCCN1c2cc(O)c(C=O)cc2C(CC)=CC1(C)C. The molecule has 0 aliphatic carbocycles. The van der Waals surface area contributed by atoms with Crippen LogP contribution in [0, 0.1) is 0 Å². The molecule has 1 N–H and O–H groups in total. The number of benzene rings is 1. The Bertz CT molecular complexity index is 573. The maximum Gasteiger partial charge on any atom is 0.153 e. The summed E-state index contributed by atoms with van der Waals surface area (Å²) >= 11 is 0. The van der Waals surface area contributed by atoms with E-state index in [4.69, 9.17) is 0 Å². The van der Waals surface area contributed by atoms with Crippen molar-refractivity contribution in [1.29, 1.82) is 0 Å². The lowest BCUT2D eigenvalue weighted by atomic mass is 9.86. The lowest BCUT2D eigenvalue weighted by molar-refractivity contribution is 0.112. The maximum atomic E-state index is 11.1. The van der Waals surface area contributed by atoms with E-state index in [9.17, 15) is 9.90 Å².